The lowest BCUT2D eigenvalue weighted by Gasteiger charge is -2.10. The molecule has 0 atom stereocenters. The third-order valence-corrected chi connectivity index (χ3v) is 5.70. The number of hydrogen-bond donors (Lipinski definition) is 1. The smallest absolute Gasteiger partial charge is 0.306 e. The standard InChI is InChI=1S/C15H19N3O2S2/c1-2-20-11(19)7-8-21-15-17-13(16)12-9-5-3-4-6-10(9)22-14(12)18-15/h2-8H2,1H3,(H2,16,17,18). The van der Waals surface area contributed by atoms with Crippen molar-refractivity contribution in [3.8, 4) is 0 Å². The van der Waals surface area contributed by atoms with Gasteiger partial charge >= 0.3 is 5.97 Å². The normalized spacial score (nSPS) is 14.0. The lowest BCUT2D eigenvalue weighted by atomic mass is 9.97. The summed E-state index contributed by atoms with van der Waals surface area (Å²) in [5.41, 5.74) is 7.51. The molecule has 2 aromatic heterocycles. The summed E-state index contributed by atoms with van der Waals surface area (Å²) in [5.74, 6) is 0.994. The van der Waals surface area contributed by atoms with Gasteiger partial charge in [0.2, 0.25) is 0 Å². The number of nitrogens with zero attached hydrogens (tertiary/aromatic N) is 2. The van der Waals surface area contributed by atoms with Crippen LogP contribution in [0.1, 0.15) is 36.6 Å². The minimum absolute atomic E-state index is 0.185. The van der Waals surface area contributed by atoms with Crippen LogP contribution in [0.25, 0.3) is 10.2 Å². The molecular weight excluding hydrogens is 318 g/mol. The Hall–Kier alpha value is -1.34. The molecule has 5 nitrogen and oxygen atoms in total. The van der Waals surface area contributed by atoms with E-state index in [0.717, 1.165) is 23.1 Å². The van der Waals surface area contributed by atoms with E-state index in [-0.39, 0.29) is 5.97 Å². The number of rotatable bonds is 5. The van der Waals surface area contributed by atoms with E-state index in [0.29, 0.717) is 29.8 Å². The molecule has 22 heavy (non-hydrogen) atoms. The monoisotopic (exact) mass is 337 g/mol. The maximum atomic E-state index is 11.3. The van der Waals surface area contributed by atoms with Gasteiger partial charge in [-0.2, -0.15) is 0 Å². The van der Waals surface area contributed by atoms with Gasteiger partial charge in [0.15, 0.2) is 5.16 Å². The molecule has 7 heteroatoms. The van der Waals surface area contributed by atoms with Crippen LogP contribution < -0.4 is 5.73 Å². The number of ether oxygens (including phenoxy) is 1. The molecular formula is C15H19N3O2S2. The quantitative estimate of drug-likeness (QED) is 0.513. The van der Waals surface area contributed by atoms with Gasteiger partial charge in [-0.1, -0.05) is 11.8 Å². The summed E-state index contributed by atoms with van der Waals surface area (Å²) in [6.07, 6.45) is 5.03. The van der Waals surface area contributed by atoms with Crippen LogP contribution in [0, 0.1) is 0 Å². The molecule has 0 aromatic carbocycles. The van der Waals surface area contributed by atoms with E-state index >= 15 is 0 Å². The number of aromatic nitrogens is 2. The first-order valence-corrected chi connectivity index (χ1v) is 9.35. The summed E-state index contributed by atoms with van der Waals surface area (Å²) in [5, 5.41) is 1.70. The Bertz CT molecular complexity index is 700. The van der Waals surface area contributed by atoms with Crippen LogP contribution in [-0.4, -0.2) is 28.3 Å². The summed E-state index contributed by atoms with van der Waals surface area (Å²) < 4.78 is 4.91. The molecule has 0 bridgehead atoms. The van der Waals surface area contributed by atoms with Crippen molar-refractivity contribution in [1.82, 2.24) is 9.97 Å². The van der Waals surface area contributed by atoms with E-state index in [1.165, 1.54) is 35.0 Å². The number of fused-ring (bicyclic) bond motifs is 3. The molecule has 0 radical (unpaired) electrons. The predicted octanol–water partition coefficient (Wildman–Crippen LogP) is 3.20. The second-order valence-electron chi connectivity index (χ2n) is 5.19. The van der Waals surface area contributed by atoms with Crippen molar-refractivity contribution < 1.29 is 9.53 Å². The molecule has 2 aromatic rings. The molecule has 0 spiro atoms. The Morgan fingerprint density at radius 1 is 1.36 bits per heavy atom. The van der Waals surface area contributed by atoms with Gasteiger partial charge in [0.1, 0.15) is 10.6 Å². The molecule has 1 aliphatic rings. The number of esters is 1. The van der Waals surface area contributed by atoms with Gasteiger partial charge in [0.05, 0.1) is 18.4 Å². The summed E-state index contributed by atoms with van der Waals surface area (Å²) in [4.78, 5) is 22.8. The molecule has 2 N–H and O–H groups in total. The minimum Gasteiger partial charge on any atom is -0.466 e. The molecule has 1 aliphatic carbocycles. The van der Waals surface area contributed by atoms with Gasteiger partial charge in [-0.3, -0.25) is 4.79 Å². The van der Waals surface area contributed by atoms with Crippen LogP contribution in [0.2, 0.25) is 0 Å². The van der Waals surface area contributed by atoms with E-state index in [4.69, 9.17) is 10.5 Å². The zero-order valence-corrected chi connectivity index (χ0v) is 14.2. The molecule has 0 saturated heterocycles. The zero-order chi connectivity index (χ0) is 15.5. The van der Waals surface area contributed by atoms with E-state index in [9.17, 15) is 4.79 Å². The van der Waals surface area contributed by atoms with Crippen molar-refractivity contribution in [2.24, 2.45) is 0 Å². The number of thiophene rings is 1. The van der Waals surface area contributed by atoms with E-state index < -0.39 is 0 Å². The van der Waals surface area contributed by atoms with Crippen LogP contribution in [0.3, 0.4) is 0 Å². The lowest BCUT2D eigenvalue weighted by Crippen LogP contribution is -2.05. The Morgan fingerprint density at radius 3 is 3.00 bits per heavy atom. The SMILES string of the molecule is CCOC(=O)CCSc1nc(N)c2c3c(sc2n1)CCCC3. The molecule has 0 amide bonds. The maximum absolute atomic E-state index is 11.3. The van der Waals surface area contributed by atoms with Crippen molar-refractivity contribution in [3.05, 3.63) is 10.4 Å². The molecule has 3 rings (SSSR count). The van der Waals surface area contributed by atoms with Crippen LogP contribution in [0.4, 0.5) is 5.82 Å². The lowest BCUT2D eigenvalue weighted by molar-refractivity contribution is -0.142. The fraction of sp³-hybridized carbons (Fsp3) is 0.533. The Kier molecular flexibility index (Phi) is 4.83. The van der Waals surface area contributed by atoms with Crippen molar-refractivity contribution >= 4 is 45.1 Å². The van der Waals surface area contributed by atoms with Crippen molar-refractivity contribution in [3.63, 3.8) is 0 Å². The minimum atomic E-state index is -0.185. The number of carbonyl (C=O) groups excluding carboxylic acids is 1. The van der Waals surface area contributed by atoms with E-state index in [2.05, 4.69) is 9.97 Å². The average molecular weight is 337 g/mol. The summed E-state index contributed by atoms with van der Waals surface area (Å²) in [6.45, 7) is 2.22. The predicted molar refractivity (Wildman–Crippen MR) is 90.4 cm³/mol. The first-order valence-electron chi connectivity index (χ1n) is 7.55. The number of aryl methyl sites for hydroxylation is 2. The van der Waals surface area contributed by atoms with Crippen LogP contribution >= 0.6 is 23.1 Å². The average Bonchev–Trinajstić information content (AvgIpc) is 2.86. The van der Waals surface area contributed by atoms with Gasteiger partial charge in [-0.15, -0.1) is 11.3 Å². The van der Waals surface area contributed by atoms with Gasteiger partial charge in [-0.25, -0.2) is 9.97 Å². The third-order valence-electron chi connectivity index (χ3n) is 3.66. The first kappa shape index (κ1) is 15.6. The summed E-state index contributed by atoms with van der Waals surface area (Å²) in [7, 11) is 0. The van der Waals surface area contributed by atoms with Crippen molar-refractivity contribution in [2.75, 3.05) is 18.1 Å². The highest BCUT2D eigenvalue weighted by atomic mass is 32.2. The number of anilines is 1. The Labute approximate surface area is 137 Å². The number of nitrogens with two attached hydrogens (primary N) is 1. The second kappa shape index (κ2) is 6.83. The Balaban J connectivity index is 1.76. The summed E-state index contributed by atoms with van der Waals surface area (Å²) in [6, 6.07) is 0. The molecule has 0 saturated carbocycles. The Morgan fingerprint density at radius 2 is 2.18 bits per heavy atom. The maximum Gasteiger partial charge on any atom is 0.306 e. The third kappa shape index (κ3) is 3.20. The highest BCUT2D eigenvalue weighted by Crippen LogP contribution is 2.38. The van der Waals surface area contributed by atoms with Gasteiger partial charge in [0, 0.05) is 10.6 Å². The first-order chi connectivity index (χ1) is 10.7. The largest absolute Gasteiger partial charge is 0.466 e. The number of nitrogen functional groups attached to an aromatic ring is 1. The van der Waals surface area contributed by atoms with Gasteiger partial charge < -0.3 is 10.5 Å². The van der Waals surface area contributed by atoms with Crippen LogP contribution in [0.5, 0.6) is 0 Å². The number of thioether (sulfide) groups is 1. The van der Waals surface area contributed by atoms with Gasteiger partial charge in [0.25, 0.3) is 0 Å². The molecule has 118 valence electrons. The fourth-order valence-electron chi connectivity index (χ4n) is 2.69. The topological polar surface area (TPSA) is 78.1 Å². The molecule has 0 unspecified atom stereocenters. The highest BCUT2D eigenvalue weighted by molar-refractivity contribution is 7.99. The summed E-state index contributed by atoms with van der Waals surface area (Å²) >= 11 is 3.19. The van der Waals surface area contributed by atoms with Gasteiger partial charge in [-0.05, 0) is 38.2 Å². The van der Waals surface area contributed by atoms with Crippen LogP contribution in [-0.2, 0) is 22.4 Å². The fourth-order valence-corrected chi connectivity index (χ4v) is 4.79. The van der Waals surface area contributed by atoms with E-state index in [1.54, 1.807) is 18.3 Å². The van der Waals surface area contributed by atoms with Crippen molar-refractivity contribution in [2.45, 2.75) is 44.2 Å². The number of carbonyl (C=O) groups is 1. The second-order valence-corrected chi connectivity index (χ2v) is 7.33. The van der Waals surface area contributed by atoms with Crippen molar-refractivity contribution in [1.29, 1.82) is 0 Å². The van der Waals surface area contributed by atoms with Crippen LogP contribution in [0.15, 0.2) is 5.16 Å². The molecule has 0 fully saturated rings. The molecule has 2 heterocycles. The number of hydrogen-bond acceptors (Lipinski definition) is 7. The highest BCUT2D eigenvalue weighted by Gasteiger charge is 2.20. The van der Waals surface area contributed by atoms with E-state index in [1.807, 2.05) is 0 Å². The zero-order valence-electron chi connectivity index (χ0n) is 12.6. The molecule has 0 aliphatic heterocycles.